The third kappa shape index (κ3) is 3.83. The molecule has 4 heteroatoms. The zero-order chi connectivity index (χ0) is 15.5. The molecule has 0 aliphatic heterocycles. The number of thiazole rings is 1. The molecule has 0 atom stereocenters. The molecule has 110 valence electrons. The Kier molecular flexibility index (Phi) is 4.64. The van der Waals surface area contributed by atoms with E-state index >= 15 is 0 Å². The molecule has 1 aromatic carbocycles. The van der Waals surface area contributed by atoms with Crippen LogP contribution >= 0.6 is 11.3 Å². The molecule has 0 bridgehead atoms. The van der Waals surface area contributed by atoms with Gasteiger partial charge in [-0.25, -0.2) is 4.98 Å². The molecule has 1 heterocycles. The highest BCUT2D eigenvalue weighted by Crippen LogP contribution is 2.29. The van der Waals surface area contributed by atoms with Crippen LogP contribution in [-0.4, -0.2) is 11.6 Å². The van der Waals surface area contributed by atoms with E-state index in [0.29, 0.717) is 11.5 Å². The lowest BCUT2D eigenvalue weighted by molar-refractivity contribution is 0.319. The normalized spacial score (nSPS) is 11.2. The average molecular weight is 300 g/mol. The Labute approximate surface area is 130 Å². The third-order valence-electron chi connectivity index (χ3n) is 3.15. The second-order valence-electron chi connectivity index (χ2n) is 6.01. The van der Waals surface area contributed by atoms with Crippen molar-refractivity contribution >= 4 is 11.3 Å². The maximum Gasteiger partial charge on any atom is 0.128 e. The molecular weight excluding hydrogens is 280 g/mol. The summed E-state index contributed by atoms with van der Waals surface area (Å²) in [7, 11) is 0. The van der Waals surface area contributed by atoms with E-state index in [-0.39, 0.29) is 5.41 Å². The summed E-state index contributed by atoms with van der Waals surface area (Å²) in [6.07, 6.45) is 0.726. The van der Waals surface area contributed by atoms with E-state index in [0.717, 1.165) is 28.4 Å². The summed E-state index contributed by atoms with van der Waals surface area (Å²) in [5.41, 5.74) is 1.92. The van der Waals surface area contributed by atoms with Gasteiger partial charge in [0.25, 0.3) is 0 Å². The van der Waals surface area contributed by atoms with Crippen LogP contribution in [0.5, 0.6) is 5.75 Å². The first-order valence-electron chi connectivity index (χ1n) is 7.00. The Morgan fingerprint density at radius 2 is 2.00 bits per heavy atom. The van der Waals surface area contributed by atoms with Crippen molar-refractivity contribution in [3.8, 4) is 11.8 Å². The van der Waals surface area contributed by atoms with Crippen LogP contribution in [0.4, 0.5) is 0 Å². The topological polar surface area (TPSA) is 45.9 Å². The number of ether oxygens (including phenoxy) is 1. The third-order valence-corrected chi connectivity index (χ3v) is 4.17. The maximum atomic E-state index is 9.22. The van der Waals surface area contributed by atoms with Gasteiger partial charge in [-0.2, -0.15) is 5.26 Å². The summed E-state index contributed by atoms with van der Waals surface area (Å²) < 4.78 is 5.79. The van der Waals surface area contributed by atoms with E-state index in [1.165, 1.54) is 11.3 Å². The predicted octanol–water partition coefficient (Wildman–Crippen LogP) is 4.24. The van der Waals surface area contributed by atoms with Gasteiger partial charge in [0.2, 0.25) is 0 Å². The molecule has 0 fully saturated rings. The standard InChI is InChI=1S/C17H20N2OS/c1-12-7-5-6-8-13(12)20-10-9-15-19-16(17(2,3)4)14(11-18)21-15/h5-8H,9-10H2,1-4H3. The van der Waals surface area contributed by atoms with Crippen molar-refractivity contribution in [3.63, 3.8) is 0 Å². The summed E-state index contributed by atoms with van der Waals surface area (Å²) in [5, 5.41) is 10.2. The van der Waals surface area contributed by atoms with Crippen molar-refractivity contribution in [1.82, 2.24) is 4.98 Å². The summed E-state index contributed by atoms with van der Waals surface area (Å²) in [6.45, 7) is 8.85. The molecule has 1 aromatic heterocycles. The van der Waals surface area contributed by atoms with Gasteiger partial charge >= 0.3 is 0 Å². The number of aromatic nitrogens is 1. The van der Waals surface area contributed by atoms with Crippen LogP contribution in [0.15, 0.2) is 24.3 Å². The van der Waals surface area contributed by atoms with Gasteiger partial charge in [0, 0.05) is 11.8 Å². The Bertz CT molecular complexity index is 662. The lowest BCUT2D eigenvalue weighted by Crippen LogP contribution is -2.13. The Morgan fingerprint density at radius 1 is 1.29 bits per heavy atom. The summed E-state index contributed by atoms with van der Waals surface area (Å²) >= 11 is 1.47. The fourth-order valence-electron chi connectivity index (χ4n) is 2.02. The Hall–Kier alpha value is -1.86. The first-order chi connectivity index (χ1) is 9.91. The molecule has 0 spiro atoms. The quantitative estimate of drug-likeness (QED) is 0.848. The molecule has 0 radical (unpaired) electrons. The summed E-state index contributed by atoms with van der Waals surface area (Å²) in [5.74, 6) is 0.908. The Morgan fingerprint density at radius 3 is 2.57 bits per heavy atom. The Balaban J connectivity index is 2.03. The van der Waals surface area contributed by atoms with E-state index in [2.05, 4.69) is 31.8 Å². The van der Waals surface area contributed by atoms with E-state index < -0.39 is 0 Å². The molecule has 0 saturated carbocycles. The highest BCUT2D eigenvalue weighted by atomic mass is 32.1. The molecule has 0 saturated heterocycles. The van der Waals surface area contributed by atoms with Crippen molar-refractivity contribution in [2.24, 2.45) is 0 Å². The van der Waals surface area contributed by atoms with Gasteiger partial charge in [0.15, 0.2) is 0 Å². The number of para-hydroxylation sites is 1. The minimum atomic E-state index is -0.101. The average Bonchev–Trinajstić information content (AvgIpc) is 2.84. The number of hydrogen-bond acceptors (Lipinski definition) is 4. The fourth-order valence-corrected chi connectivity index (χ4v) is 3.07. The minimum absolute atomic E-state index is 0.101. The smallest absolute Gasteiger partial charge is 0.128 e. The molecule has 21 heavy (non-hydrogen) atoms. The first kappa shape index (κ1) is 15.5. The highest BCUT2D eigenvalue weighted by Gasteiger charge is 2.23. The van der Waals surface area contributed by atoms with E-state index in [1.807, 2.05) is 31.2 Å². The first-order valence-corrected chi connectivity index (χ1v) is 7.82. The van der Waals surface area contributed by atoms with E-state index in [4.69, 9.17) is 4.74 Å². The second kappa shape index (κ2) is 6.28. The number of rotatable bonds is 4. The van der Waals surface area contributed by atoms with Crippen LogP contribution in [0, 0.1) is 18.3 Å². The van der Waals surface area contributed by atoms with Crippen LogP contribution < -0.4 is 4.74 Å². The molecule has 0 unspecified atom stereocenters. The van der Waals surface area contributed by atoms with Crippen LogP contribution in [0.25, 0.3) is 0 Å². The largest absolute Gasteiger partial charge is 0.493 e. The lowest BCUT2D eigenvalue weighted by Gasteiger charge is -2.15. The predicted molar refractivity (Wildman–Crippen MR) is 85.9 cm³/mol. The van der Waals surface area contributed by atoms with Gasteiger partial charge in [-0.1, -0.05) is 39.0 Å². The molecular formula is C17H20N2OS. The zero-order valence-corrected chi connectivity index (χ0v) is 13.8. The molecule has 0 amide bonds. The van der Waals surface area contributed by atoms with Crippen molar-refractivity contribution in [2.45, 2.75) is 39.5 Å². The highest BCUT2D eigenvalue weighted by molar-refractivity contribution is 7.12. The molecule has 0 aliphatic rings. The number of nitrogens with zero attached hydrogens (tertiary/aromatic N) is 2. The minimum Gasteiger partial charge on any atom is -0.493 e. The second-order valence-corrected chi connectivity index (χ2v) is 7.09. The van der Waals surface area contributed by atoms with Gasteiger partial charge in [0.1, 0.15) is 16.7 Å². The van der Waals surface area contributed by atoms with Crippen molar-refractivity contribution < 1.29 is 4.74 Å². The summed E-state index contributed by atoms with van der Waals surface area (Å²) in [4.78, 5) is 5.34. The van der Waals surface area contributed by atoms with Crippen LogP contribution in [0.3, 0.4) is 0 Å². The number of benzene rings is 1. The SMILES string of the molecule is Cc1ccccc1OCCc1nc(C(C)(C)C)c(C#N)s1. The van der Waals surface area contributed by atoms with Gasteiger partial charge in [-0.3, -0.25) is 0 Å². The number of hydrogen-bond donors (Lipinski definition) is 0. The van der Waals surface area contributed by atoms with Gasteiger partial charge < -0.3 is 4.74 Å². The van der Waals surface area contributed by atoms with Crippen LogP contribution in [0.1, 0.15) is 41.9 Å². The molecule has 0 aliphatic carbocycles. The molecule has 3 nitrogen and oxygen atoms in total. The molecule has 0 N–H and O–H groups in total. The van der Waals surface area contributed by atoms with Crippen LogP contribution in [-0.2, 0) is 11.8 Å². The van der Waals surface area contributed by atoms with Crippen molar-refractivity contribution in [1.29, 1.82) is 5.26 Å². The summed E-state index contributed by atoms with van der Waals surface area (Å²) in [6, 6.07) is 10.2. The monoisotopic (exact) mass is 300 g/mol. The number of aryl methyl sites for hydroxylation is 1. The van der Waals surface area contributed by atoms with Gasteiger partial charge in [-0.15, -0.1) is 11.3 Å². The van der Waals surface area contributed by atoms with Crippen molar-refractivity contribution in [2.75, 3.05) is 6.61 Å². The van der Waals surface area contributed by atoms with E-state index in [1.54, 1.807) is 0 Å². The fraction of sp³-hybridized carbons (Fsp3) is 0.412. The lowest BCUT2D eigenvalue weighted by atomic mass is 9.91. The van der Waals surface area contributed by atoms with Gasteiger partial charge in [-0.05, 0) is 18.6 Å². The van der Waals surface area contributed by atoms with Crippen molar-refractivity contribution in [3.05, 3.63) is 45.4 Å². The zero-order valence-electron chi connectivity index (χ0n) is 12.9. The molecule has 2 rings (SSSR count). The van der Waals surface area contributed by atoms with Crippen LogP contribution in [0.2, 0.25) is 0 Å². The number of nitriles is 1. The van der Waals surface area contributed by atoms with E-state index in [9.17, 15) is 5.26 Å². The maximum absolute atomic E-state index is 9.22. The molecule has 2 aromatic rings. The van der Waals surface area contributed by atoms with Gasteiger partial charge in [0.05, 0.1) is 17.3 Å².